The van der Waals surface area contributed by atoms with Crippen LogP contribution in [0.15, 0.2) is 23.1 Å². The predicted molar refractivity (Wildman–Crippen MR) is 121 cm³/mol. The average Bonchev–Trinajstić information content (AvgIpc) is 3.38. The second kappa shape index (κ2) is 9.87. The van der Waals surface area contributed by atoms with Gasteiger partial charge in [0.2, 0.25) is 5.95 Å². The average molecular weight is 491 g/mol. The van der Waals surface area contributed by atoms with E-state index in [0.29, 0.717) is 11.3 Å². The third-order valence-electron chi connectivity index (χ3n) is 5.77. The Labute approximate surface area is 198 Å². The molecular formula is C21H25N5O9. The molecule has 35 heavy (non-hydrogen) atoms. The van der Waals surface area contributed by atoms with Crippen molar-refractivity contribution in [1.82, 2.24) is 14.5 Å². The lowest BCUT2D eigenvalue weighted by atomic mass is 10.1. The fourth-order valence-corrected chi connectivity index (χ4v) is 4.09. The number of anilines is 1. The Morgan fingerprint density at radius 3 is 2.60 bits per heavy atom. The van der Waals surface area contributed by atoms with E-state index >= 15 is 0 Å². The summed E-state index contributed by atoms with van der Waals surface area (Å²) in [6.45, 7) is -0.621. The maximum Gasteiger partial charge on any atom is 0.278 e. The Morgan fingerprint density at radius 1 is 1.29 bits per heavy atom. The number of nitrogens with two attached hydrogens (primary N) is 1. The van der Waals surface area contributed by atoms with E-state index < -0.39 is 28.9 Å². The van der Waals surface area contributed by atoms with E-state index in [2.05, 4.69) is 9.97 Å². The van der Waals surface area contributed by atoms with Gasteiger partial charge >= 0.3 is 0 Å². The quantitative estimate of drug-likeness (QED) is 0.241. The molecular weight excluding hydrogens is 466 g/mol. The van der Waals surface area contributed by atoms with E-state index in [9.17, 15) is 25.1 Å². The number of aromatic amines is 1. The number of nitrogen functional groups attached to an aromatic ring is 1. The minimum absolute atomic E-state index is 0.0949. The zero-order chi connectivity index (χ0) is 25.3. The number of rotatable bonds is 9. The van der Waals surface area contributed by atoms with Crippen LogP contribution in [0.3, 0.4) is 0 Å². The molecule has 1 fully saturated rings. The van der Waals surface area contributed by atoms with Crippen LogP contribution in [0, 0.1) is 10.1 Å². The van der Waals surface area contributed by atoms with Gasteiger partial charge in [0.25, 0.3) is 11.2 Å². The molecule has 3 heterocycles. The Kier molecular flexibility index (Phi) is 6.88. The second-order valence-corrected chi connectivity index (χ2v) is 7.91. The highest BCUT2D eigenvalue weighted by Crippen LogP contribution is 2.35. The van der Waals surface area contributed by atoms with Crippen LogP contribution in [0.25, 0.3) is 11.0 Å². The van der Waals surface area contributed by atoms with Crippen LogP contribution in [0.5, 0.6) is 11.5 Å². The molecule has 0 aliphatic carbocycles. The van der Waals surface area contributed by atoms with E-state index in [1.165, 1.54) is 26.4 Å². The van der Waals surface area contributed by atoms with Crippen molar-refractivity contribution in [1.29, 1.82) is 0 Å². The molecule has 2 aromatic heterocycles. The van der Waals surface area contributed by atoms with Crippen LogP contribution < -0.4 is 20.8 Å². The molecule has 4 rings (SSSR count). The number of fused-ring (bicyclic) bond motifs is 1. The zero-order valence-corrected chi connectivity index (χ0v) is 19.0. The molecule has 1 unspecified atom stereocenters. The number of nitrogens with zero attached hydrogens (tertiary/aromatic N) is 3. The summed E-state index contributed by atoms with van der Waals surface area (Å²) in [6.07, 6.45) is -0.609. The number of aliphatic hydroxyl groups excluding tert-OH is 2. The first-order valence-corrected chi connectivity index (χ1v) is 10.6. The second-order valence-electron chi connectivity index (χ2n) is 7.91. The topological polar surface area (TPSA) is 197 Å². The lowest BCUT2D eigenvalue weighted by Gasteiger charge is -2.14. The Balaban J connectivity index is 1.64. The van der Waals surface area contributed by atoms with Gasteiger partial charge in [-0.25, -0.2) is 0 Å². The van der Waals surface area contributed by atoms with Gasteiger partial charge in [-0.2, -0.15) is 4.98 Å². The standard InChI is InChI=1S/C21H25N5O9/c1-32-14-3-10(12(26(30)31)4-15(14)33-2)8-34-9-11-6-25(17-5-13(28)16(7-27)35-17)19-18(11)20(29)24-21(22)23-19/h3-4,6,13,16-17,27-28H,5,7-9H2,1-2H3,(H3,22,23,24,29)/t13?,16-,17-/m1/s1. The summed E-state index contributed by atoms with van der Waals surface area (Å²) in [5.41, 5.74) is 5.92. The first kappa shape index (κ1) is 24.4. The number of hydrogen-bond acceptors (Lipinski definition) is 11. The van der Waals surface area contributed by atoms with E-state index in [4.69, 9.17) is 24.7 Å². The van der Waals surface area contributed by atoms with Crippen molar-refractivity contribution >= 4 is 22.7 Å². The normalized spacial score (nSPS) is 19.8. The first-order chi connectivity index (χ1) is 16.8. The molecule has 1 aromatic carbocycles. The van der Waals surface area contributed by atoms with Crippen LogP contribution in [0.2, 0.25) is 0 Å². The fraction of sp³-hybridized carbons (Fsp3) is 0.429. The van der Waals surface area contributed by atoms with Crippen LogP contribution in [-0.2, 0) is 22.7 Å². The number of hydrogen-bond donors (Lipinski definition) is 4. The number of aromatic nitrogens is 3. The first-order valence-electron chi connectivity index (χ1n) is 10.6. The van der Waals surface area contributed by atoms with Gasteiger partial charge in [-0.05, 0) is 6.07 Å². The highest BCUT2D eigenvalue weighted by Gasteiger charge is 2.35. The van der Waals surface area contributed by atoms with E-state index in [1.807, 2.05) is 0 Å². The van der Waals surface area contributed by atoms with Gasteiger partial charge in [-0.1, -0.05) is 0 Å². The third kappa shape index (κ3) is 4.64. The summed E-state index contributed by atoms with van der Waals surface area (Å²) in [4.78, 5) is 30.3. The molecule has 188 valence electrons. The number of nitrogens with one attached hydrogen (secondary N) is 1. The lowest BCUT2D eigenvalue weighted by molar-refractivity contribution is -0.386. The largest absolute Gasteiger partial charge is 0.493 e. The summed E-state index contributed by atoms with van der Waals surface area (Å²) in [5, 5.41) is 31.2. The predicted octanol–water partition coefficient (Wildman–Crippen LogP) is 0.590. The van der Waals surface area contributed by atoms with Crippen LogP contribution in [-0.4, -0.2) is 62.7 Å². The Bertz CT molecular complexity index is 1300. The molecule has 0 spiro atoms. The van der Waals surface area contributed by atoms with Crippen molar-refractivity contribution < 1.29 is 34.1 Å². The zero-order valence-electron chi connectivity index (χ0n) is 19.0. The van der Waals surface area contributed by atoms with Crippen LogP contribution >= 0.6 is 0 Å². The monoisotopic (exact) mass is 491 g/mol. The number of benzene rings is 1. The van der Waals surface area contributed by atoms with Gasteiger partial charge in [0, 0.05) is 18.2 Å². The van der Waals surface area contributed by atoms with Crippen molar-refractivity contribution in [2.75, 3.05) is 26.6 Å². The molecule has 3 atom stereocenters. The molecule has 1 aliphatic rings. The minimum Gasteiger partial charge on any atom is -0.493 e. The Hall–Kier alpha value is -3.72. The van der Waals surface area contributed by atoms with Gasteiger partial charge < -0.3 is 39.5 Å². The molecule has 0 saturated carbocycles. The maximum absolute atomic E-state index is 12.7. The molecule has 0 bridgehead atoms. The SMILES string of the molecule is COc1cc(COCc2cn([C@H]3CC(O)[C@@H](CO)O3)c3nc(N)[nH]c(=O)c23)c([N+](=O)[O-])cc1OC. The van der Waals surface area contributed by atoms with E-state index in [1.54, 1.807) is 10.8 Å². The van der Waals surface area contributed by atoms with Gasteiger partial charge in [-0.3, -0.25) is 19.9 Å². The number of aliphatic hydroxyl groups is 2. The number of nitro groups is 1. The number of ether oxygens (including phenoxy) is 4. The van der Waals surface area contributed by atoms with E-state index in [0.717, 1.165) is 0 Å². The summed E-state index contributed by atoms with van der Waals surface area (Å²) >= 11 is 0. The molecule has 1 aliphatic heterocycles. The van der Waals surface area contributed by atoms with Crippen molar-refractivity contribution in [3.8, 4) is 11.5 Å². The minimum atomic E-state index is -0.896. The van der Waals surface area contributed by atoms with Gasteiger partial charge in [0.1, 0.15) is 12.3 Å². The van der Waals surface area contributed by atoms with E-state index in [-0.39, 0.29) is 60.2 Å². The van der Waals surface area contributed by atoms with Gasteiger partial charge in [0.15, 0.2) is 17.1 Å². The van der Waals surface area contributed by atoms with Crippen molar-refractivity contribution in [2.45, 2.75) is 38.1 Å². The van der Waals surface area contributed by atoms with Gasteiger partial charge in [0.05, 0.1) is 62.1 Å². The molecule has 5 N–H and O–H groups in total. The van der Waals surface area contributed by atoms with Gasteiger partial charge in [-0.15, -0.1) is 0 Å². The lowest BCUT2D eigenvalue weighted by Crippen LogP contribution is -2.24. The smallest absolute Gasteiger partial charge is 0.278 e. The molecule has 14 nitrogen and oxygen atoms in total. The number of H-pyrrole nitrogens is 1. The summed E-state index contributed by atoms with van der Waals surface area (Å²) in [5.74, 6) is 0.411. The van der Waals surface area contributed by atoms with Crippen molar-refractivity contribution in [3.63, 3.8) is 0 Å². The van der Waals surface area contributed by atoms with Crippen LogP contribution in [0.1, 0.15) is 23.8 Å². The summed E-state index contributed by atoms with van der Waals surface area (Å²) < 4.78 is 23.4. The number of nitro benzene ring substituents is 1. The van der Waals surface area contributed by atoms with Crippen molar-refractivity contribution in [2.24, 2.45) is 0 Å². The molecule has 0 amide bonds. The highest BCUT2D eigenvalue weighted by molar-refractivity contribution is 5.80. The van der Waals surface area contributed by atoms with Crippen molar-refractivity contribution in [3.05, 3.63) is 49.9 Å². The third-order valence-corrected chi connectivity index (χ3v) is 5.77. The molecule has 3 aromatic rings. The number of methoxy groups -OCH3 is 2. The Morgan fingerprint density at radius 2 is 1.97 bits per heavy atom. The molecule has 0 radical (unpaired) electrons. The van der Waals surface area contributed by atoms with Crippen LogP contribution in [0.4, 0.5) is 11.6 Å². The molecule has 1 saturated heterocycles. The highest BCUT2D eigenvalue weighted by atomic mass is 16.6. The maximum atomic E-state index is 12.7. The molecule has 14 heteroatoms. The summed E-state index contributed by atoms with van der Waals surface area (Å²) in [7, 11) is 2.79. The fourth-order valence-electron chi connectivity index (χ4n) is 4.09. The summed E-state index contributed by atoms with van der Waals surface area (Å²) in [6, 6.07) is 2.71.